The maximum absolute atomic E-state index is 5.24. The van der Waals surface area contributed by atoms with Gasteiger partial charge in [0.05, 0.1) is 13.7 Å². The van der Waals surface area contributed by atoms with Crippen molar-refractivity contribution in [2.45, 2.75) is 19.7 Å². The molecule has 0 spiro atoms. The van der Waals surface area contributed by atoms with E-state index in [2.05, 4.69) is 22.4 Å². The van der Waals surface area contributed by atoms with Crippen LogP contribution in [-0.4, -0.2) is 19.2 Å². The number of benzene rings is 1. The largest absolute Gasteiger partial charge is 0.481 e. The van der Waals surface area contributed by atoms with E-state index >= 15 is 0 Å². The summed E-state index contributed by atoms with van der Waals surface area (Å²) < 4.78 is 10.5. The molecule has 4 heteroatoms. The minimum absolute atomic E-state index is 0.633. The predicted molar refractivity (Wildman–Crippen MR) is 78.5 cm³/mol. The Hall–Kier alpha value is -1.91. The van der Waals surface area contributed by atoms with E-state index in [1.165, 1.54) is 11.1 Å². The monoisotopic (exact) mass is 272 g/mol. The van der Waals surface area contributed by atoms with Crippen molar-refractivity contribution in [3.8, 4) is 5.88 Å². The first-order valence-corrected chi connectivity index (χ1v) is 6.59. The standard InChI is InChI=1S/C16H20N2O2/c1-19-12-15-7-4-3-6-13(15)10-17-11-14-8-5-9-18-16(14)20-2/h3-9,17H,10-12H2,1-2H3. The van der Waals surface area contributed by atoms with Crippen molar-refractivity contribution >= 4 is 0 Å². The molecule has 2 rings (SSSR count). The third-order valence-corrected chi connectivity index (χ3v) is 3.09. The Morgan fingerprint density at radius 1 is 0.950 bits per heavy atom. The zero-order chi connectivity index (χ0) is 14.2. The smallest absolute Gasteiger partial charge is 0.217 e. The molecule has 1 N–H and O–H groups in total. The Balaban J connectivity index is 1.96. The second-order valence-corrected chi connectivity index (χ2v) is 4.48. The van der Waals surface area contributed by atoms with Crippen molar-refractivity contribution < 1.29 is 9.47 Å². The van der Waals surface area contributed by atoms with Crippen LogP contribution in [0.25, 0.3) is 0 Å². The molecule has 1 aromatic carbocycles. The average molecular weight is 272 g/mol. The van der Waals surface area contributed by atoms with E-state index in [0.29, 0.717) is 12.5 Å². The minimum atomic E-state index is 0.633. The van der Waals surface area contributed by atoms with Crippen molar-refractivity contribution in [3.05, 3.63) is 59.3 Å². The number of nitrogens with one attached hydrogen (secondary N) is 1. The Morgan fingerprint density at radius 2 is 1.65 bits per heavy atom. The number of hydrogen-bond acceptors (Lipinski definition) is 4. The van der Waals surface area contributed by atoms with Crippen molar-refractivity contribution in [1.29, 1.82) is 0 Å². The van der Waals surface area contributed by atoms with Crippen molar-refractivity contribution in [2.75, 3.05) is 14.2 Å². The molecule has 4 nitrogen and oxygen atoms in total. The third kappa shape index (κ3) is 3.79. The van der Waals surface area contributed by atoms with Gasteiger partial charge in [0.2, 0.25) is 5.88 Å². The van der Waals surface area contributed by atoms with Crippen LogP contribution in [0.3, 0.4) is 0 Å². The van der Waals surface area contributed by atoms with Gasteiger partial charge in [0.1, 0.15) is 0 Å². The molecular weight excluding hydrogens is 252 g/mol. The van der Waals surface area contributed by atoms with Crippen LogP contribution in [0.15, 0.2) is 42.6 Å². The quantitative estimate of drug-likeness (QED) is 0.841. The highest BCUT2D eigenvalue weighted by Crippen LogP contribution is 2.14. The topological polar surface area (TPSA) is 43.4 Å². The Bertz CT molecular complexity index is 544. The van der Waals surface area contributed by atoms with Gasteiger partial charge < -0.3 is 14.8 Å². The highest BCUT2D eigenvalue weighted by molar-refractivity contribution is 5.27. The number of ether oxygens (including phenoxy) is 2. The summed E-state index contributed by atoms with van der Waals surface area (Å²) >= 11 is 0. The number of hydrogen-bond donors (Lipinski definition) is 1. The van der Waals surface area contributed by atoms with Gasteiger partial charge in [-0.25, -0.2) is 4.98 Å². The van der Waals surface area contributed by atoms with Gasteiger partial charge in [-0.1, -0.05) is 30.3 Å². The molecule has 0 unspecified atom stereocenters. The van der Waals surface area contributed by atoms with Crippen LogP contribution in [0.5, 0.6) is 5.88 Å². The number of rotatable bonds is 7. The summed E-state index contributed by atoms with van der Waals surface area (Å²) in [5.74, 6) is 0.671. The van der Waals surface area contributed by atoms with E-state index in [0.717, 1.165) is 18.7 Å². The summed E-state index contributed by atoms with van der Waals surface area (Å²) in [5.41, 5.74) is 3.51. The molecule has 20 heavy (non-hydrogen) atoms. The molecule has 0 bridgehead atoms. The van der Waals surface area contributed by atoms with E-state index in [4.69, 9.17) is 9.47 Å². The fourth-order valence-electron chi connectivity index (χ4n) is 2.10. The van der Waals surface area contributed by atoms with Crippen LogP contribution in [0, 0.1) is 0 Å². The summed E-state index contributed by atoms with van der Waals surface area (Å²) in [5, 5.41) is 3.42. The molecule has 0 amide bonds. The van der Waals surface area contributed by atoms with Gasteiger partial charge in [0, 0.05) is 32.0 Å². The van der Waals surface area contributed by atoms with Crippen LogP contribution < -0.4 is 10.1 Å². The number of nitrogens with zero attached hydrogens (tertiary/aromatic N) is 1. The lowest BCUT2D eigenvalue weighted by Crippen LogP contribution is -2.15. The third-order valence-electron chi connectivity index (χ3n) is 3.09. The number of aromatic nitrogens is 1. The molecule has 0 radical (unpaired) electrons. The van der Waals surface area contributed by atoms with Crippen LogP contribution >= 0.6 is 0 Å². The summed E-state index contributed by atoms with van der Waals surface area (Å²) in [7, 11) is 3.35. The van der Waals surface area contributed by atoms with Gasteiger partial charge in [0.25, 0.3) is 0 Å². The van der Waals surface area contributed by atoms with Crippen LogP contribution in [0.4, 0.5) is 0 Å². The summed E-state index contributed by atoms with van der Waals surface area (Å²) in [6, 6.07) is 12.2. The average Bonchev–Trinajstić information content (AvgIpc) is 2.50. The molecule has 0 saturated carbocycles. The normalized spacial score (nSPS) is 10.5. The van der Waals surface area contributed by atoms with E-state index in [1.807, 2.05) is 24.3 Å². The van der Waals surface area contributed by atoms with Gasteiger partial charge in [0.15, 0.2) is 0 Å². The second-order valence-electron chi connectivity index (χ2n) is 4.48. The maximum Gasteiger partial charge on any atom is 0.217 e. The fraction of sp³-hybridized carbons (Fsp3) is 0.312. The highest BCUT2D eigenvalue weighted by atomic mass is 16.5. The molecule has 1 heterocycles. The molecule has 0 aliphatic heterocycles. The fourth-order valence-corrected chi connectivity index (χ4v) is 2.10. The molecule has 0 aliphatic carbocycles. The lowest BCUT2D eigenvalue weighted by Gasteiger charge is -2.11. The number of methoxy groups -OCH3 is 2. The lowest BCUT2D eigenvalue weighted by atomic mass is 10.1. The molecule has 1 aromatic heterocycles. The second kappa shape index (κ2) is 7.62. The highest BCUT2D eigenvalue weighted by Gasteiger charge is 2.04. The zero-order valence-electron chi connectivity index (χ0n) is 11.9. The summed E-state index contributed by atoms with van der Waals surface area (Å²) in [6.07, 6.45) is 1.73. The summed E-state index contributed by atoms with van der Waals surface area (Å²) in [4.78, 5) is 4.19. The van der Waals surface area contributed by atoms with E-state index in [1.54, 1.807) is 20.4 Å². The predicted octanol–water partition coefficient (Wildman–Crippen LogP) is 2.53. The molecular formula is C16H20N2O2. The van der Waals surface area contributed by atoms with Gasteiger partial charge >= 0.3 is 0 Å². The van der Waals surface area contributed by atoms with Gasteiger partial charge in [-0.05, 0) is 17.2 Å². The molecule has 0 atom stereocenters. The zero-order valence-corrected chi connectivity index (χ0v) is 11.9. The molecule has 2 aromatic rings. The first kappa shape index (κ1) is 14.5. The molecule has 0 aliphatic rings. The first-order chi connectivity index (χ1) is 9.85. The Kier molecular flexibility index (Phi) is 5.53. The van der Waals surface area contributed by atoms with Crippen LogP contribution in [0.1, 0.15) is 16.7 Å². The van der Waals surface area contributed by atoms with Gasteiger partial charge in [-0.15, -0.1) is 0 Å². The van der Waals surface area contributed by atoms with Crippen molar-refractivity contribution in [2.24, 2.45) is 0 Å². The first-order valence-electron chi connectivity index (χ1n) is 6.59. The molecule has 0 fully saturated rings. The van der Waals surface area contributed by atoms with Crippen LogP contribution in [0.2, 0.25) is 0 Å². The Labute approximate surface area is 119 Å². The van der Waals surface area contributed by atoms with Crippen LogP contribution in [-0.2, 0) is 24.4 Å². The summed E-state index contributed by atoms with van der Waals surface area (Å²) in [6.45, 7) is 2.14. The van der Waals surface area contributed by atoms with E-state index in [9.17, 15) is 0 Å². The van der Waals surface area contributed by atoms with Gasteiger partial charge in [-0.3, -0.25) is 0 Å². The number of pyridine rings is 1. The Morgan fingerprint density at radius 3 is 2.40 bits per heavy atom. The minimum Gasteiger partial charge on any atom is -0.481 e. The van der Waals surface area contributed by atoms with Crippen molar-refractivity contribution in [1.82, 2.24) is 10.3 Å². The molecule has 0 saturated heterocycles. The maximum atomic E-state index is 5.24. The van der Waals surface area contributed by atoms with E-state index in [-0.39, 0.29) is 0 Å². The van der Waals surface area contributed by atoms with Crippen molar-refractivity contribution in [3.63, 3.8) is 0 Å². The molecule has 106 valence electrons. The van der Waals surface area contributed by atoms with E-state index < -0.39 is 0 Å². The van der Waals surface area contributed by atoms with Gasteiger partial charge in [-0.2, -0.15) is 0 Å². The lowest BCUT2D eigenvalue weighted by molar-refractivity contribution is 0.184. The SMILES string of the molecule is COCc1ccccc1CNCc1cccnc1OC.